The minimum atomic E-state index is -4.62. The van der Waals surface area contributed by atoms with Gasteiger partial charge >= 0.3 is 16.4 Å². The van der Waals surface area contributed by atoms with E-state index in [0.29, 0.717) is 4.31 Å². The number of methoxy groups -OCH3 is 1. The summed E-state index contributed by atoms with van der Waals surface area (Å²) in [6.45, 7) is -0.239. The van der Waals surface area contributed by atoms with Gasteiger partial charge in [-0.05, 0) is 0 Å². The number of halogens is 1. The second-order valence-electron chi connectivity index (χ2n) is 2.48. The highest BCUT2D eigenvalue weighted by atomic mass is 32.3. The van der Waals surface area contributed by atoms with Gasteiger partial charge in [-0.2, -0.15) is 12.7 Å². The highest BCUT2D eigenvalue weighted by molar-refractivity contribution is 7.84. The van der Waals surface area contributed by atoms with Crippen LogP contribution >= 0.6 is 0 Å². The van der Waals surface area contributed by atoms with Crippen molar-refractivity contribution in [2.45, 2.75) is 0 Å². The Bertz CT molecular complexity index is 282. The average molecular weight is 197 g/mol. The number of hydrogen-bond donors (Lipinski definition) is 0. The molecule has 0 aromatic rings. The highest BCUT2D eigenvalue weighted by Crippen LogP contribution is 2.20. The van der Waals surface area contributed by atoms with Crippen LogP contribution in [0, 0.1) is 5.92 Å². The van der Waals surface area contributed by atoms with Crippen molar-refractivity contribution < 1.29 is 21.8 Å². The van der Waals surface area contributed by atoms with E-state index in [2.05, 4.69) is 4.74 Å². The second kappa shape index (κ2) is 2.98. The predicted molar refractivity (Wildman–Crippen MR) is 37.1 cm³/mol. The quantitative estimate of drug-likeness (QED) is 0.434. The molecule has 1 aliphatic rings. The Morgan fingerprint density at radius 3 is 2.42 bits per heavy atom. The van der Waals surface area contributed by atoms with Crippen LogP contribution in [-0.4, -0.2) is 38.9 Å². The van der Waals surface area contributed by atoms with E-state index in [1.165, 1.54) is 7.11 Å². The number of nitrogens with zero attached hydrogens (tertiary/aromatic N) is 1. The SMILES string of the molecule is COC(=O)C1CN(S(=O)(=O)F)C1. The first-order chi connectivity index (χ1) is 5.45. The van der Waals surface area contributed by atoms with E-state index in [0.717, 1.165) is 0 Å². The van der Waals surface area contributed by atoms with Crippen LogP contribution in [0.2, 0.25) is 0 Å². The number of esters is 1. The first-order valence-electron chi connectivity index (χ1n) is 3.22. The fraction of sp³-hybridized carbons (Fsp3) is 0.800. The molecule has 0 unspecified atom stereocenters. The van der Waals surface area contributed by atoms with Gasteiger partial charge in [0.15, 0.2) is 0 Å². The Morgan fingerprint density at radius 1 is 1.58 bits per heavy atom. The average Bonchev–Trinajstić information content (AvgIpc) is 1.80. The summed E-state index contributed by atoms with van der Waals surface area (Å²) in [7, 11) is -3.41. The maximum atomic E-state index is 12.1. The third kappa shape index (κ3) is 1.72. The van der Waals surface area contributed by atoms with Crippen molar-refractivity contribution in [3.8, 4) is 0 Å². The molecule has 0 atom stereocenters. The Kier molecular flexibility index (Phi) is 2.34. The Labute approximate surface area is 69.4 Å². The summed E-state index contributed by atoms with van der Waals surface area (Å²) in [6.07, 6.45) is 0. The molecule has 12 heavy (non-hydrogen) atoms. The molecule has 1 heterocycles. The molecule has 7 heteroatoms. The van der Waals surface area contributed by atoms with E-state index < -0.39 is 22.3 Å². The highest BCUT2D eigenvalue weighted by Gasteiger charge is 2.40. The van der Waals surface area contributed by atoms with Gasteiger partial charge in [0.25, 0.3) is 0 Å². The van der Waals surface area contributed by atoms with Crippen LogP contribution in [0.15, 0.2) is 0 Å². The van der Waals surface area contributed by atoms with Crippen molar-refractivity contribution in [3.05, 3.63) is 0 Å². The van der Waals surface area contributed by atoms with Gasteiger partial charge in [0.05, 0.1) is 13.0 Å². The number of ether oxygens (including phenoxy) is 1. The minimum absolute atomic E-state index is 0.120. The molecular weight excluding hydrogens is 189 g/mol. The Balaban J connectivity index is 2.44. The van der Waals surface area contributed by atoms with Gasteiger partial charge in [-0.15, -0.1) is 0 Å². The van der Waals surface area contributed by atoms with E-state index >= 15 is 0 Å². The number of rotatable bonds is 2. The normalized spacial score (nSPS) is 20.2. The van der Waals surface area contributed by atoms with Crippen molar-refractivity contribution >= 4 is 16.4 Å². The van der Waals surface area contributed by atoms with Gasteiger partial charge in [-0.25, -0.2) is 0 Å². The molecule has 0 aromatic carbocycles. The van der Waals surface area contributed by atoms with Gasteiger partial charge in [0.2, 0.25) is 0 Å². The first kappa shape index (κ1) is 9.40. The topological polar surface area (TPSA) is 63.7 Å². The maximum absolute atomic E-state index is 12.1. The van der Waals surface area contributed by atoms with Gasteiger partial charge < -0.3 is 4.74 Å². The number of carbonyl (C=O) groups is 1. The lowest BCUT2D eigenvalue weighted by atomic mass is 10.0. The number of hydrogen-bond acceptors (Lipinski definition) is 4. The molecular formula is C5H8FNO4S. The molecule has 0 aromatic heterocycles. The summed E-state index contributed by atoms with van der Waals surface area (Å²) in [5.41, 5.74) is 0. The minimum Gasteiger partial charge on any atom is -0.469 e. The van der Waals surface area contributed by atoms with Gasteiger partial charge in [0.1, 0.15) is 0 Å². The van der Waals surface area contributed by atoms with Crippen molar-refractivity contribution in [2.24, 2.45) is 5.92 Å². The summed E-state index contributed by atoms with van der Waals surface area (Å²) >= 11 is 0. The monoisotopic (exact) mass is 197 g/mol. The van der Waals surface area contributed by atoms with Crippen LogP contribution in [0.5, 0.6) is 0 Å². The summed E-state index contributed by atoms with van der Waals surface area (Å²) in [6, 6.07) is 0. The lowest BCUT2D eigenvalue weighted by Crippen LogP contribution is -2.51. The molecule has 0 bridgehead atoms. The van der Waals surface area contributed by atoms with E-state index in [4.69, 9.17) is 0 Å². The zero-order chi connectivity index (χ0) is 9.35. The number of carbonyl (C=O) groups excluding carboxylic acids is 1. The smallest absolute Gasteiger partial charge is 0.374 e. The molecule has 0 aliphatic carbocycles. The zero-order valence-electron chi connectivity index (χ0n) is 6.36. The Morgan fingerprint density at radius 2 is 2.08 bits per heavy atom. The van der Waals surface area contributed by atoms with Crippen molar-refractivity contribution in [1.29, 1.82) is 0 Å². The van der Waals surface area contributed by atoms with Crippen LogP contribution in [-0.2, 0) is 19.9 Å². The first-order valence-corrected chi connectivity index (χ1v) is 4.56. The van der Waals surface area contributed by atoms with E-state index in [1.54, 1.807) is 0 Å². The standard InChI is InChI=1S/C5H8FNO4S/c1-11-5(8)4-2-7(3-4)12(6,9)10/h4H,2-3H2,1H3. The molecule has 1 saturated heterocycles. The lowest BCUT2D eigenvalue weighted by Gasteiger charge is -2.32. The second-order valence-corrected chi connectivity index (χ2v) is 3.82. The van der Waals surface area contributed by atoms with Crippen molar-refractivity contribution in [2.75, 3.05) is 20.2 Å². The third-order valence-corrected chi connectivity index (χ3v) is 2.61. The zero-order valence-corrected chi connectivity index (χ0v) is 7.17. The Hall–Kier alpha value is -0.690. The fourth-order valence-corrected chi connectivity index (χ4v) is 1.65. The van der Waals surface area contributed by atoms with Crippen LogP contribution in [0.25, 0.3) is 0 Å². The van der Waals surface area contributed by atoms with E-state index in [9.17, 15) is 17.1 Å². The molecule has 0 amide bonds. The molecule has 1 aliphatic heterocycles. The molecule has 0 spiro atoms. The van der Waals surface area contributed by atoms with Gasteiger partial charge in [-0.1, -0.05) is 3.89 Å². The lowest BCUT2D eigenvalue weighted by molar-refractivity contribution is -0.149. The van der Waals surface area contributed by atoms with E-state index in [-0.39, 0.29) is 13.1 Å². The van der Waals surface area contributed by atoms with Crippen LogP contribution < -0.4 is 0 Å². The van der Waals surface area contributed by atoms with Gasteiger partial charge in [-0.3, -0.25) is 4.79 Å². The van der Waals surface area contributed by atoms with Crippen LogP contribution in [0.4, 0.5) is 3.89 Å². The summed E-state index contributed by atoms with van der Waals surface area (Å²) in [4.78, 5) is 10.7. The van der Waals surface area contributed by atoms with Crippen molar-refractivity contribution in [3.63, 3.8) is 0 Å². The van der Waals surface area contributed by atoms with Crippen LogP contribution in [0.1, 0.15) is 0 Å². The molecule has 1 fully saturated rings. The largest absolute Gasteiger partial charge is 0.469 e. The van der Waals surface area contributed by atoms with E-state index in [1.807, 2.05) is 0 Å². The maximum Gasteiger partial charge on any atom is 0.374 e. The van der Waals surface area contributed by atoms with Crippen molar-refractivity contribution in [1.82, 2.24) is 4.31 Å². The molecule has 0 saturated carbocycles. The summed E-state index contributed by atoms with van der Waals surface area (Å²) in [5.74, 6) is -1.02. The molecule has 70 valence electrons. The predicted octanol–water partition coefficient (Wildman–Crippen LogP) is -0.695. The van der Waals surface area contributed by atoms with Crippen LogP contribution in [0.3, 0.4) is 0 Å². The fourth-order valence-electron chi connectivity index (χ4n) is 0.932. The van der Waals surface area contributed by atoms with Gasteiger partial charge in [0, 0.05) is 13.1 Å². The third-order valence-electron chi connectivity index (χ3n) is 1.69. The summed E-state index contributed by atoms with van der Waals surface area (Å²) in [5, 5.41) is 0. The molecule has 0 radical (unpaired) electrons. The molecule has 0 N–H and O–H groups in total. The summed E-state index contributed by atoms with van der Waals surface area (Å²) < 4.78 is 37.4. The molecule has 5 nitrogen and oxygen atoms in total. The molecule has 1 rings (SSSR count).